The van der Waals surface area contributed by atoms with Crippen LogP contribution in [0.2, 0.25) is 5.02 Å². The summed E-state index contributed by atoms with van der Waals surface area (Å²) < 4.78 is 5.67. The zero-order chi connectivity index (χ0) is 15.5. The average molecular weight is 319 g/mol. The van der Waals surface area contributed by atoms with E-state index >= 15 is 0 Å². The number of piperidine rings is 1. The first-order valence-electron chi connectivity index (χ1n) is 7.47. The molecule has 1 saturated heterocycles. The fraction of sp³-hybridized carbons (Fsp3) is 0.353. The summed E-state index contributed by atoms with van der Waals surface area (Å²) in [4.78, 5) is 14.5. The van der Waals surface area contributed by atoms with Crippen molar-refractivity contribution in [1.29, 1.82) is 0 Å². The van der Waals surface area contributed by atoms with Crippen molar-refractivity contribution in [3.63, 3.8) is 0 Å². The van der Waals surface area contributed by atoms with Gasteiger partial charge in [-0.3, -0.25) is 4.79 Å². The molecule has 116 valence electrons. The molecule has 1 aromatic carbocycles. The smallest absolute Gasteiger partial charge is 0.287 e. The van der Waals surface area contributed by atoms with E-state index in [2.05, 4.69) is 17.3 Å². The van der Waals surface area contributed by atoms with Crippen LogP contribution in [0.25, 0.3) is 11.3 Å². The Morgan fingerprint density at radius 3 is 2.68 bits per heavy atom. The fourth-order valence-electron chi connectivity index (χ4n) is 2.68. The normalized spacial score (nSPS) is 16.6. The number of carbonyl (C=O) groups is 1. The third kappa shape index (κ3) is 3.34. The second kappa shape index (κ2) is 6.55. The van der Waals surface area contributed by atoms with Gasteiger partial charge in [0.1, 0.15) is 5.76 Å². The van der Waals surface area contributed by atoms with Gasteiger partial charge in [-0.15, -0.1) is 0 Å². The van der Waals surface area contributed by atoms with Crippen molar-refractivity contribution < 1.29 is 9.21 Å². The number of amides is 1. The van der Waals surface area contributed by atoms with E-state index in [1.165, 1.54) is 0 Å². The Labute approximate surface area is 135 Å². The van der Waals surface area contributed by atoms with Crippen molar-refractivity contribution in [2.24, 2.45) is 0 Å². The summed E-state index contributed by atoms with van der Waals surface area (Å²) in [7, 11) is 2.10. The topological polar surface area (TPSA) is 45.5 Å². The van der Waals surface area contributed by atoms with Crippen molar-refractivity contribution in [1.82, 2.24) is 10.2 Å². The maximum absolute atomic E-state index is 12.3. The van der Waals surface area contributed by atoms with Gasteiger partial charge in [0.05, 0.1) is 5.02 Å². The summed E-state index contributed by atoms with van der Waals surface area (Å²) in [6.45, 7) is 2.02. The van der Waals surface area contributed by atoms with Crippen molar-refractivity contribution in [2.45, 2.75) is 18.9 Å². The first-order valence-corrected chi connectivity index (χ1v) is 7.85. The molecule has 2 heterocycles. The molecular weight excluding hydrogens is 300 g/mol. The number of carbonyl (C=O) groups excluding carboxylic acids is 1. The molecular formula is C17H19ClN2O2. The third-order valence-electron chi connectivity index (χ3n) is 4.02. The summed E-state index contributed by atoms with van der Waals surface area (Å²) in [5.41, 5.74) is 0.794. The third-order valence-corrected chi connectivity index (χ3v) is 4.35. The van der Waals surface area contributed by atoms with Crippen LogP contribution in [0.3, 0.4) is 0 Å². The minimum absolute atomic E-state index is 0.159. The number of likely N-dealkylation sites (tertiary alicyclic amines) is 1. The number of rotatable bonds is 3. The van der Waals surface area contributed by atoms with Crippen molar-refractivity contribution >= 4 is 17.5 Å². The average Bonchev–Trinajstić information content (AvgIpc) is 3.00. The zero-order valence-electron chi connectivity index (χ0n) is 12.5. The lowest BCUT2D eigenvalue weighted by Gasteiger charge is -2.29. The predicted molar refractivity (Wildman–Crippen MR) is 87.1 cm³/mol. The van der Waals surface area contributed by atoms with Crippen molar-refractivity contribution in [2.75, 3.05) is 20.1 Å². The number of nitrogens with one attached hydrogen (secondary N) is 1. The van der Waals surface area contributed by atoms with Crippen LogP contribution in [0.1, 0.15) is 23.4 Å². The molecule has 0 unspecified atom stereocenters. The van der Waals surface area contributed by atoms with E-state index in [1.807, 2.05) is 18.2 Å². The first-order chi connectivity index (χ1) is 10.6. The first kappa shape index (κ1) is 15.1. The number of halogens is 1. The van der Waals surface area contributed by atoms with Crippen molar-refractivity contribution in [3.8, 4) is 11.3 Å². The summed E-state index contributed by atoms with van der Waals surface area (Å²) >= 11 is 6.15. The van der Waals surface area contributed by atoms with Gasteiger partial charge < -0.3 is 14.6 Å². The second-order valence-corrected chi connectivity index (χ2v) is 6.10. The molecule has 4 nitrogen and oxygen atoms in total. The molecule has 1 aliphatic heterocycles. The van der Waals surface area contributed by atoms with E-state index < -0.39 is 0 Å². The fourth-order valence-corrected chi connectivity index (χ4v) is 2.90. The van der Waals surface area contributed by atoms with E-state index in [0.717, 1.165) is 31.5 Å². The van der Waals surface area contributed by atoms with Gasteiger partial charge in [0.15, 0.2) is 5.76 Å². The maximum Gasteiger partial charge on any atom is 0.287 e. The van der Waals surface area contributed by atoms with Gasteiger partial charge in [-0.05, 0) is 57.2 Å². The van der Waals surface area contributed by atoms with Crippen LogP contribution in [0.5, 0.6) is 0 Å². The van der Waals surface area contributed by atoms with Gasteiger partial charge in [0, 0.05) is 11.6 Å². The zero-order valence-corrected chi connectivity index (χ0v) is 13.3. The molecule has 0 saturated carbocycles. The van der Waals surface area contributed by atoms with Crippen LogP contribution < -0.4 is 5.32 Å². The lowest BCUT2D eigenvalue weighted by atomic mass is 10.1. The van der Waals surface area contributed by atoms with Crippen LogP contribution >= 0.6 is 11.6 Å². The van der Waals surface area contributed by atoms with E-state index in [0.29, 0.717) is 16.5 Å². The van der Waals surface area contributed by atoms with Gasteiger partial charge in [-0.2, -0.15) is 0 Å². The van der Waals surface area contributed by atoms with Crippen molar-refractivity contribution in [3.05, 3.63) is 47.2 Å². The predicted octanol–water partition coefficient (Wildman–Crippen LogP) is 3.42. The summed E-state index contributed by atoms with van der Waals surface area (Å²) in [6.07, 6.45) is 1.95. The highest BCUT2D eigenvalue weighted by Gasteiger charge is 2.21. The minimum Gasteiger partial charge on any atom is -0.451 e. The molecule has 1 aliphatic rings. The molecule has 3 rings (SSSR count). The Morgan fingerprint density at radius 2 is 1.95 bits per heavy atom. The van der Waals surface area contributed by atoms with Crippen LogP contribution in [0, 0.1) is 0 Å². The van der Waals surface area contributed by atoms with Crippen LogP contribution in [-0.4, -0.2) is 37.0 Å². The Kier molecular flexibility index (Phi) is 4.50. The van der Waals surface area contributed by atoms with Gasteiger partial charge >= 0.3 is 0 Å². The standard InChI is InChI=1S/C17H19ClN2O2/c1-20-10-8-12(9-11-20)19-17(21)16-7-6-15(22-16)13-4-2-3-5-14(13)18/h2-7,12H,8-11H2,1H3,(H,19,21). The molecule has 1 N–H and O–H groups in total. The lowest BCUT2D eigenvalue weighted by Crippen LogP contribution is -2.43. The molecule has 1 amide bonds. The Balaban J connectivity index is 1.68. The number of benzene rings is 1. The number of hydrogen-bond acceptors (Lipinski definition) is 3. The summed E-state index contributed by atoms with van der Waals surface area (Å²) in [5, 5.41) is 3.65. The number of hydrogen-bond donors (Lipinski definition) is 1. The molecule has 22 heavy (non-hydrogen) atoms. The largest absolute Gasteiger partial charge is 0.451 e. The molecule has 2 aromatic rings. The molecule has 0 bridgehead atoms. The van der Waals surface area contributed by atoms with Crippen LogP contribution in [0.15, 0.2) is 40.8 Å². The van der Waals surface area contributed by atoms with E-state index in [1.54, 1.807) is 18.2 Å². The number of furan rings is 1. The Hall–Kier alpha value is -1.78. The van der Waals surface area contributed by atoms with Gasteiger partial charge in [0.25, 0.3) is 5.91 Å². The molecule has 1 fully saturated rings. The minimum atomic E-state index is -0.159. The van der Waals surface area contributed by atoms with E-state index in [4.69, 9.17) is 16.0 Å². The molecule has 0 aliphatic carbocycles. The Bertz CT molecular complexity index is 660. The van der Waals surface area contributed by atoms with E-state index in [9.17, 15) is 4.79 Å². The lowest BCUT2D eigenvalue weighted by molar-refractivity contribution is 0.0889. The molecule has 0 atom stereocenters. The SMILES string of the molecule is CN1CCC(NC(=O)c2ccc(-c3ccccc3Cl)o2)CC1. The Morgan fingerprint density at radius 1 is 1.23 bits per heavy atom. The van der Waals surface area contributed by atoms with Crippen LogP contribution in [0.4, 0.5) is 0 Å². The quantitative estimate of drug-likeness (QED) is 0.943. The highest BCUT2D eigenvalue weighted by molar-refractivity contribution is 6.33. The maximum atomic E-state index is 12.3. The second-order valence-electron chi connectivity index (χ2n) is 5.69. The highest BCUT2D eigenvalue weighted by Crippen LogP contribution is 2.29. The summed E-state index contributed by atoms with van der Waals surface area (Å²) in [6, 6.07) is 11.1. The molecule has 1 aromatic heterocycles. The molecule has 0 radical (unpaired) electrons. The summed E-state index contributed by atoms with van der Waals surface area (Å²) in [5.74, 6) is 0.779. The van der Waals surface area contributed by atoms with E-state index in [-0.39, 0.29) is 11.9 Å². The van der Waals surface area contributed by atoms with Gasteiger partial charge in [-0.25, -0.2) is 0 Å². The monoisotopic (exact) mass is 318 g/mol. The van der Waals surface area contributed by atoms with Gasteiger partial charge in [-0.1, -0.05) is 23.7 Å². The molecule has 0 spiro atoms. The highest BCUT2D eigenvalue weighted by atomic mass is 35.5. The van der Waals surface area contributed by atoms with Crippen LogP contribution in [-0.2, 0) is 0 Å². The van der Waals surface area contributed by atoms with Gasteiger partial charge in [0.2, 0.25) is 0 Å². The molecule has 5 heteroatoms. The number of nitrogens with zero attached hydrogens (tertiary/aromatic N) is 1.